The van der Waals surface area contributed by atoms with Crippen molar-refractivity contribution in [1.82, 2.24) is 4.90 Å². The van der Waals surface area contributed by atoms with Crippen molar-refractivity contribution < 1.29 is 14.2 Å². The Morgan fingerprint density at radius 3 is 2.87 bits per heavy atom. The lowest BCUT2D eigenvalue weighted by Crippen LogP contribution is -2.25. The fourth-order valence-corrected chi connectivity index (χ4v) is 4.12. The summed E-state index contributed by atoms with van der Waals surface area (Å²) in [5.41, 5.74) is 3.87. The molecule has 1 atom stereocenters. The lowest BCUT2D eigenvalue weighted by molar-refractivity contribution is 0.107. The first kappa shape index (κ1) is 21.2. The van der Waals surface area contributed by atoms with Crippen LogP contribution in [-0.4, -0.2) is 64.3 Å². The highest BCUT2D eigenvalue weighted by atomic mass is 16.5. The molecule has 2 aromatic carbocycles. The summed E-state index contributed by atoms with van der Waals surface area (Å²) in [6.45, 7) is 4.27. The Morgan fingerprint density at radius 1 is 1.19 bits per heavy atom. The number of aliphatic imine (C=N–C) groups is 1. The van der Waals surface area contributed by atoms with E-state index in [1.54, 1.807) is 14.2 Å². The van der Waals surface area contributed by atoms with Crippen molar-refractivity contribution >= 4 is 17.6 Å². The summed E-state index contributed by atoms with van der Waals surface area (Å²) >= 11 is 0. The second-order valence-corrected chi connectivity index (χ2v) is 7.79. The molecule has 4 rings (SSSR count). The number of hydrogen-bond acceptors (Lipinski definition) is 6. The number of rotatable bonds is 8. The summed E-state index contributed by atoms with van der Waals surface area (Å²) in [4.78, 5) is 9.08. The molecule has 1 saturated heterocycles. The van der Waals surface area contributed by atoms with Gasteiger partial charge in [0.2, 0.25) is 0 Å². The minimum atomic E-state index is 0.366. The summed E-state index contributed by atoms with van der Waals surface area (Å²) < 4.78 is 17.2. The van der Waals surface area contributed by atoms with Gasteiger partial charge < -0.3 is 24.0 Å². The predicted molar refractivity (Wildman–Crippen MR) is 124 cm³/mol. The van der Waals surface area contributed by atoms with Gasteiger partial charge in [-0.15, -0.1) is 6.42 Å². The molecule has 0 bridgehead atoms. The minimum Gasteiger partial charge on any atom is -0.493 e. The van der Waals surface area contributed by atoms with E-state index >= 15 is 0 Å². The first-order valence-corrected chi connectivity index (χ1v) is 10.7. The molecular weight excluding hydrogens is 390 g/mol. The Kier molecular flexibility index (Phi) is 6.76. The predicted octanol–water partition coefficient (Wildman–Crippen LogP) is 3.69. The normalized spacial score (nSPS) is 18.0. The highest BCUT2D eigenvalue weighted by Gasteiger charge is 2.22. The number of terminal acetylenes is 1. The number of methoxy groups -OCH3 is 2. The van der Waals surface area contributed by atoms with Crippen molar-refractivity contribution in [2.75, 3.05) is 52.0 Å². The Labute approximate surface area is 184 Å². The third-order valence-electron chi connectivity index (χ3n) is 5.82. The van der Waals surface area contributed by atoms with Crippen LogP contribution in [0.2, 0.25) is 0 Å². The van der Waals surface area contributed by atoms with Crippen LogP contribution in [0.4, 0.5) is 11.4 Å². The van der Waals surface area contributed by atoms with Gasteiger partial charge in [0, 0.05) is 55.8 Å². The third-order valence-corrected chi connectivity index (χ3v) is 5.82. The summed E-state index contributed by atoms with van der Waals surface area (Å²) in [6.07, 6.45) is 9.89. The van der Waals surface area contributed by atoms with Gasteiger partial charge in [-0.1, -0.05) is 12.0 Å². The van der Waals surface area contributed by atoms with E-state index < -0.39 is 0 Å². The van der Waals surface area contributed by atoms with Gasteiger partial charge in [0.05, 0.1) is 25.5 Å². The molecule has 0 spiro atoms. The van der Waals surface area contributed by atoms with E-state index in [-0.39, 0.29) is 0 Å². The molecule has 0 N–H and O–H groups in total. The minimum absolute atomic E-state index is 0.366. The molecule has 0 aromatic heterocycles. The Morgan fingerprint density at radius 2 is 2.10 bits per heavy atom. The molecular formula is C25H29N3O3. The molecule has 2 aromatic rings. The zero-order chi connectivity index (χ0) is 21.6. The number of anilines is 2. The van der Waals surface area contributed by atoms with Crippen LogP contribution < -0.4 is 14.4 Å². The Balaban J connectivity index is 1.45. The monoisotopic (exact) mass is 419 g/mol. The molecule has 0 saturated carbocycles. The van der Waals surface area contributed by atoms with Gasteiger partial charge in [0.25, 0.3) is 0 Å². The van der Waals surface area contributed by atoms with Crippen LogP contribution in [0.25, 0.3) is 0 Å². The first-order valence-electron chi connectivity index (χ1n) is 10.7. The standard InChI is InChI=1S/C25H29N3O3/c1-4-19-7-5-8-21(13-19)28-18-26-16-20-14-25(24(30-3)15-23(20)28)31-12-6-10-27-11-9-22(17-27)29-2/h1,5,7-8,13-16,22H,6,9-12,17-18H2,2-3H3/t22-/m0/s1. The molecule has 31 heavy (non-hydrogen) atoms. The van der Waals surface area contributed by atoms with Crippen LogP contribution in [0.1, 0.15) is 24.0 Å². The van der Waals surface area contributed by atoms with Crippen LogP contribution in [0.3, 0.4) is 0 Å². The smallest absolute Gasteiger partial charge is 0.162 e. The van der Waals surface area contributed by atoms with Gasteiger partial charge in [-0.2, -0.15) is 0 Å². The summed E-state index contributed by atoms with van der Waals surface area (Å²) in [7, 11) is 3.46. The highest BCUT2D eigenvalue weighted by Crippen LogP contribution is 2.39. The Bertz CT molecular complexity index is 982. The number of likely N-dealkylation sites (tertiary alicyclic amines) is 1. The maximum atomic E-state index is 6.09. The van der Waals surface area contributed by atoms with Crippen LogP contribution in [0.15, 0.2) is 41.4 Å². The SMILES string of the molecule is C#Cc1cccc(N2CN=Cc3cc(OCCCN4CC[C@H](OC)C4)c(OC)cc32)c1. The fourth-order valence-electron chi connectivity index (χ4n) is 4.12. The van der Waals surface area contributed by atoms with E-state index in [1.165, 1.54) is 0 Å². The number of hydrogen-bond donors (Lipinski definition) is 0. The first-order chi connectivity index (χ1) is 15.2. The van der Waals surface area contributed by atoms with Crippen molar-refractivity contribution in [1.29, 1.82) is 0 Å². The topological polar surface area (TPSA) is 46.5 Å². The van der Waals surface area contributed by atoms with Crippen molar-refractivity contribution in [2.45, 2.75) is 18.9 Å². The quantitative estimate of drug-likeness (QED) is 0.482. The van der Waals surface area contributed by atoms with E-state index in [1.807, 2.05) is 42.6 Å². The lowest BCUT2D eigenvalue weighted by Gasteiger charge is -2.28. The van der Waals surface area contributed by atoms with E-state index in [4.69, 9.17) is 20.6 Å². The lowest BCUT2D eigenvalue weighted by atomic mass is 10.1. The highest BCUT2D eigenvalue weighted by molar-refractivity contribution is 5.93. The van der Waals surface area contributed by atoms with E-state index in [2.05, 4.69) is 20.7 Å². The van der Waals surface area contributed by atoms with Gasteiger partial charge in [-0.25, -0.2) is 0 Å². The van der Waals surface area contributed by atoms with Gasteiger partial charge in [-0.05, 0) is 37.1 Å². The van der Waals surface area contributed by atoms with Crippen molar-refractivity contribution in [3.8, 4) is 23.8 Å². The maximum Gasteiger partial charge on any atom is 0.162 e. The van der Waals surface area contributed by atoms with Gasteiger partial charge in [-0.3, -0.25) is 4.99 Å². The molecule has 0 aliphatic carbocycles. The third kappa shape index (κ3) is 4.84. The van der Waals surface area contributed by atoms with Gasteiger partial charge >= 0.3 is 0 Å². The Hall–Kier alpha value is -3.01. The molecule has 2 heterocycles. The molecule has 2 aliphatic rings. The molecule has 6 nitrogen and oxygen atoms in total. The fraction of sp³-hybridized carbons (Fsp3) is 0.400. The zero-order valence-electron chi connectivity index (χ0n) is 18.2. The number of ether oxygens (including phenoxy) is 3. The molecule has 0 amide bonds. The van der Waals surface area contributed by atoms with Gasteiger partial charge in [0.1, 0.15) is 6.67 Å². The molecule has 162 valence electrons. The molecule has 2 aliphatic heterocycles. The van der Waals surface area contributed by atoms with Crippen LogP contribution >= 0.6 is 0 Å². The van der Waals surface area contributed by atoms with E-state index in [0.29, 0.717) is 25.1 Å². The largest absolute Gasteiger partial charge is 0.493 e. The van der Waals surface area contributed by atoms with Crippen molar-refractivity contribution in [2.24, 2.45) is 4.99 Å². The number of fused-ring (bicyclic) bond motifs is 1. The van der Waals surface area contributed by atoms with E-state index in [9.17, 15) is 0 Å². The summed E-state index contributed by atoms with van der Waals surface area (Å²) in [5, 5.41) is 0. The summed E-state index contributed by atoms with van der Waals surface area (Å²) in [6, 6.07) is 11.9. The zero-order valence-corrected chi connectivity index (χ0v) is 18.2. The number of benzene rings is 2. The average molecular weight is 420 g/mol. The summed E-state index contributed by atoms with van der Waals surface area (Å²) in [5.74, 6) is 4.15. The van der Waals surface area contributed by atoms with Crippen LogP contribution in [0, 0.1) is 12.3 Å². The van der Waals surface area contributed by atoms with E-state index in [0.717, 1.165) is 60.7 Å². The van der Waals surface area contributed by atoms with Crippen LogP contribution in [-0.2, 0) is 4.74 Å². The maximum absolute atomic E-state index is 6.09. The van der Waals surface area contributed by atoms with Crippen molar-refractivity contribution in [3.63, 3.8) is 0 Å². The van der Waals surface area contributed by atoms with Gasteiger partial charge in [0.15, 0.2) is 11.5 Å². The average Bonchev–Trinajstić information content (AvgIpc) is 3.29. The van der Waals surface area contributed by atoms with Crippen molar-refractivity contribution in [3.05, 3.63) is 47.5 Å². The molecule has 1 fully saturated rings. The van der Waals surface area contributed by atoms with Crippen LogP contribution in [0.5, 0.6) is 11.5 Å². The second kappa shape index (κ2) is 9.86. The molecule has 0 unspecified atom stereocenters. The molecule has 6 heteroatoms. The molecule has 0 radical (unpaired) electrons. The second-order valence-electron chi connectivity index (χ2n) is 7.79. The number of nitrogens with zero attached hydrogens (tertiary/aromatic N) is 3.